The Labute approximate surface area is 75.0 Å². The minimum atomic E-state index is -0.0469. The monoisotopic (exact) mass is 168 g/mol. The highest BCUT2D eigenvalue weighted by Gasteiger charge is 2.34. The first-order chi connectivity index (χ1) is 5.73. The number of hydrogen-bond acceptors (Lipinski definition) is 2. The molecule has 0 radical (unpaired) electrons. The molecule has 1 fully saturated rings. The molecule has 1 aliphatic rings. The lowest BCUT2D eigenvalue weighted by Crippen LogP contribution is -2.51. The van der Waals surface area contributed by atoms with Crippen molar-refractivity contribution in [2.45, 2.75) is 37.6 Å². The van der Waals surface area contributed by atoms with Gasteiger partial charge in [-0.05, 0) is 31.7 Å². The zero-order chi connectivity index (χ0) is 9.03. The molecule has 12 heavy (non-hydrogen) atoms. The van der Waals surface area contributed by atoms with E-state index in [1.807, 2.05) is 6.08 Å². The summed E-state index contributed by atoms with van der Waals surface area (Å²) >= 11 is 0. The van der Waals surface area contributed by atoms with Crippen molar-refractivity contribution in [3.63, 3.8) is 0 Å². The summed E-state index contributed by atoms with van der Waals surface area (Å²) in [6.45, 7) is 4.47. The molecule has 0 bridgehead atoms. The Morgan fingerprint density at radius 1 is 1.50 bits per heavy atom. The second-order valence-electron chi connectivity index (χ2n) is 3.90. The van der Waals surface area contributed by atoms with Gasteiger partial charge < -0.3 is 11.5 Å². The molecule has 0 aromatic heterocycles. The van der Waals surface area contributed by atoms with Gasteiger partial charge in [0.1, 0.15) is 0 Å². The largest absolute Gasteiger partial charge is 0.330 e. The second kappa shape index (κ2) is 4.06. The van der Waals surface area contributed by atoms with Crippen LogP contribution in [0.2, 0.25) is 0 Å². The van der Waals surface area contributed by atoms with E-state index in [2.05, 4.69) is 6.58 Å². The third-order valence-corrected chi connectivity index (χ3v) is 3.07. The number of hydrogen-bond donors (Lipinski definition) is 2. The van der Waals surface area contributed by atoms with Crippen LogP contribution in [0.25, 0.3) is 0 Å². The molecule has 0 saturated heterocycles. The minimum absolute atomic E-state index is 0.0469. The lowest BCUT2D eigenvalue weighted by atomic mass is 9.71. The van der Waals surface area contributed by atoms with Crippen molar-refractivity contribution in [1.82, 2.24) is 0 Å². The average molecular weight is 168 g/mol. The van der Waals surface area contributed by atoms with Gasteiger partial charge in [0.2, 0.25) is 0 Å². The van der Waals surface area contributed by atoms with Gasteiger partial charge in [0.15, 0.2) is 0 Å². The molecule has 2 nitrogen and oxygen atoms in total. The normalized spacial score (nSPS) is 36.3. The van der Waals surface area contributed by atoms with E-state index in [1.54, 1.807) is 0 Å². The van der Waals surface area contributed by atoms with Crippen LogP contribution < -0.4 is 11.5 Å². The Balaban J connectivity index is 2.61. The predicted octanol–water partition coefficient (Wildman–Crippen LogP) is 1.41. The fraction of sp³-hybridized carbons (Fsp3) is 0.800. The smallest absolute Gasteiger partial charge is 0.0229 e. The zero-order valence-corrected chi connectivity index (χ0v) is 7.76. The second-order valence-corrected chi connectivity index (χ2v) is 3.90. The van der Waals surface area contributed by atoms with Gasteiger partial charge in [-0.3, -0.25) is 0 Å². The maximum Gasteiger partial charge on any atom is 0.0229 e. The Morgan fingerprint density at radius 2 is 2.25 bits per heavy atom. The van der Waals surface area contributed by atoms with Crippen LogP contribution in [-0.4, -0.2) is 12.1 Å². The molecule has 0 aliphatic heterocycles. The quantitative estimate of drug-likeness (QED) is 0.626. The fourth-order valence-corrected chi connectivity index (χ4v) is 2.23. The summed E-state index contributed by atoms with van der Waals surface area (Å²) in [7, 11) is 0. The lowest BCUT2D eigenvalue weighted by molar-refractivity contribution is 0.197. The molecule has 1 rings (SSSR count). The standard InChI is InChI=1S/C10H20N2/c1-2-6-10(12)7-4-3-5-9(10)8-11/h2,9H,1,3-8,11-12H2. The van der Waals surface area contributed by atoms with Crippen molar-refractivity contribution in [1.29, 1.82) is 0 Å². The molecule has 4 N–H and O–H groups in total. The van der Waals surface area contributed by atoms with Crippen LogP contribution in [0.4, 0.5) is 0 Å². The van der Waals surface area contributed by atoms with E-state index in [9.17, 15) is 0 Å². The maximum atomic E-state index is 6.27. The number of nitrogens with two attached hydrogens (primary N) is 2. The van der Waals surface area contributed by atoms with Gasteiger partial charge in [-0.2, -0.15) is 0 Å². The highest BCUT2D eigenvalue weighted by molar-refractivity contribution is 4.98. The molecular formula is C10H20N2. The van der Waals surface area contributed by atoms with Crippen LogP contribution in [-0.2, 0) is 0 Å². The Morgan fingerprint density at radius 3 is 2.83 bits per heavy atom. The van der Waals surface area contributed by atoms with E-state index in [1.165, 1.54) is 19.3 Å². The van der Waals surface area contributed by atoms with E-state index >= 15 is 0 Å². The molecule has 1 saturated carbocycles. The molecule has 1 aliphatic carbocycles. The topological polar surface area (TPSA) is 52.0 Å². The summed E-state index contributed by atoms with van der Waals surface area (Å²) < 4.78 is 0. The third-order valence-electron chi connectivity index (χ3n) is 3.07. The van der Waals surface area contributed by atoms with Crippen molar-refractivity contribution >= 4 is 0 Å². The predicted molar refractivity (Wildman–Crippen MR) is 52.7 cm³/mol. The molecular weight excluding hydrogens is 148 g/mol. The highest BCUT2D eigenvalue weighted by Crippen LogP contribution is 2.33. The molecule has 0 aromatic carbocycles. The van der Waals surface area contributed by atoms with Crippen LogP contribution in [0.15, 0.2) is 12.7 Å². The summed E-state index contributed by atoms with van der Waals surface area (Å²) in [4.78, 5) is 0. The van der Waals surface area contributed by atoms with Gasteiger partial charge in [0, 0.05) is 5.54 Å². The summed E-state index contributed by atoms with van der Waals surface area (Å²) in [5.41, 5.74) is 11.9. The first-order valence-corrected chi connectivity index (χ1v) is 4.83. The third kappa shape index (κ3) is 1.87. The molecule has 70 valence electrons. The van der Waals surface area contributed by atoms with E-state index < -0.39 is 0 Å². The average Bonchev–Trinajstić information content (AvgIpc) is 2.05. The molecule has 2 unspecified atom stereocenters. The van der Waals surface area contributed by atoms with Crippen LogP contribution in [0, 0.1) is 5.92 Å². The first kappa shape index (κ1) is 9.75. The first-order valence-electron chi connectivity index (χ1n) is 4.83. The maximum absolute atomic E-state index is 6.27. The van der Waals surface area contributed by atoms with Crippen molar-refractivity contribution in [3.8, 4) is 0 Å². The Kier molecular flexibility index (Phi) is 3.29. The summed E-state index contributed by atoms with van der Waals surface area (Å²) in [6.07, 6.45) is 7.68. The van der Waals surface area contributed by atoms with Crippen LogP contribution in [0.1, 0.15) is 32.1 Å². The zero-order valence-electron chi connectivity index (χ0n) is 7.76. The molecule has 0 aromatic rings. The van der Waals surface area contributed by atoms with E-state index in [0.717, 1.165) is 19.4 Å². The molecule has 0 spiro atoms. The van der Waals surface area contributed by atoms with Gasteiger partial charge >= 0.3 is 0 Å². The molecule has 0 amide bonds. The van der Waals surface area contributed by atoms with Crippen molar-refractivity contribution in [2.75, 3.05) is 6.54 Å². The lowest BCUT2D eigenvalue weighted by Gasteiger charge is -2.40. The SMILES string of the molecule is C=CCC1(N)CCCCC1CN. The van der Waals surface area contributed by atoms with E-state index in [-0.39, 0.29) is 5.54 Å². The van der Waals surface area contributed by atoms with Crippen LogP contribution in [0.3, 0.4) is 0 Å². The van der Waals surface area contributed by atoms with Crippen molar-refractivity contribution in [2.24, 2.45) is 17.4 Å². The molecule has 2 heteroatoms. The van der Waals surface area contributed by atoms with Gasteiger partial charge in [-0.25, -0.2) is 0 Å². The summed E-state index contributed by atoms with van der Waals surface area (Å²) in [6, 6.07) is 0. The highest BCUT2D eigenvalue weighted by atomic mass is 14.8. The van der Waals surface area contributed by atoms with E-state index in [0.29, 0.717) is 5.92 Å². The fourth-order valence-electron chi connectivity index (χ4n) is 2.23. The van der Waals surface area contributed by atoms with Crippen LogP contribution in [0.5, 0.6) is 0 Å². The van der Waals surface area contributed by atoms with Gasteiger partial charge in [-0.1, -0.05) is 18.9 Å². The van der Waals surface area contributed by atoms with Gasteiger partial charge in [-0.15, -0.1) is 6.58 Å². The van der Waals surface area contributed by atoms with Gasteiger partial charge in [0.25, 0.3) is 0 Å². The summed E-state index contributed by atoms with van der Waals surface area (Å²) in [5.74, 6) is 0.504. The van der Waals surface area contributed by atoms with E-state index in [4.69, 9.17) is 11.5 Å². The van der Waals surface area contributed by atoms with Crippen molar-refractivity contribution < 1.29 is 0 Å². The van der Waals surface area contributed by atoms with Crippen molar-refractivity contribution in [3.05, 3.63) is 12.7 Å². The molecule has 0 heterocycles. The minimum Gasteiger partial charge on any atom is -0.330 e. The summed E-state index contributed by atoms with van der Waals surface area (Å²) in [5, 5.41) is 0. The number of rotatable bonds is 3. The molecule has 2 atom stereocenters. The van der Waals surface area contributed by atoms with Gasteiger partial charge in [0.05, 0.1) is 0 Å². The Hall–Kier alpha value is -0.340. The Bertz CT molecular complexity index is 156. The van der Waals surface area contributed by atoms with Crippen LogP contribution >= 0.6 is 0 Å².